The van der Waals surface area contributed by atoms with E-state index in [1.54, 1.807) is 6.07 Å². The van der Waals surface area contributed by atoms with Crippen molar-refractivity contribution in [1.29, 1.82) is 0 Å². The smallest absolute Gasteiger partial charge is 0.326 e. The van der Waals surface area contributed by atoms with Gasteiger partial charge in [0.05, 0.1) is 0 Å². The van der Waals surface area contributed by atoms with Gasteiger partial charge in [0, 0.05) is 40.7 Å². The number of benzene rings is 2. The van der Waals surface area contributed by atoms with E-state index in [1.807, 2.05) is 26.1 Å². The lowest BCUT2D eigenvalue weighted by atomic mass is 10.1. The number of halogens is 2. The molecule has 0 spiro atoms. The number of urea groups is 1. The number of carbonyl (C=O) groups excluding carboxylic acids is 1. The first-order valence-corrected chi connectivity index (χ1v) is 10.6. The zero-order valence-corrected chi connectivity index (χ0v) is 18.6. The maximum absolute atomic E-state index is 13.7. The van der Waals surface area contributed by atoms with Gasteiger partial charge in [-0.2, -0.15) is 0 Å². The van der Waals surface area contributed by atoms with Gasteiger partial charge in [-0.1, -0.05) is 0 Å². The lowest BCUT2D eigenvalue weighted by Gasteiger charge is -2.12. The molecule has 0 bridgehead atoms. The summed E-state index contributed by atoms with van der Waals surface area (Å²) in [6.45, 7) is 3.97. The summed E-state index contributed by atoms with van der Waals surface area (Å²) in [5.41, 5.74) is 3.66. The Kier molecular flexibility index (Phi) is 6.77. The van der Waals surface area contributed by atoms with Gasteiger partial charge >= 0.3 is 6.03 Å². The van der Waals surface area contributed by atoms with Crippen LogP contribution in [-0.2, 0) is 6.42 Å². The molecule has 0 aliphatic heterocycles. The van der Waals surface area contributed by atoms with E-state index in [0.29, 0.717) is 18.7 Å². The molecule has 0 fully saturated rings. The molecule has 4 aromatic rings. The number of rotatable bonds is 5. The van der Waals surface area contributed by atoms with E-state index in [4.69, 9.17) is 0 Å². The topological polar surface area (TPSA) is 107 Å². The van der Waals surface area contributed by atoms with E-state index in [0.717, 1.165) is 27.9 Å². The molecule has 2 heterocycles. The van der Waals surface area contributed by atoms with Gasteiger partial charge in [-0.3, -0.25) is 15.6 Å². The van der Waals surface area contributed by atoms with Crippen molar-refractivity contribution in [3.05, 3.63) is 83.3 Å². The molecule has 2 aromatic heterocycles. The van der Waals surface area contributed by atoms with Crippen LogP contribution in [0, 0.1) is 25.5 Å². The molecule has 0 atom stereocenters. The predicted molar refractivity (Wildman–Crippen MR) is 128 cm³/mol. The molecule has 8 nitrogen and oxygen atoms in total. The SMILES string of the molecule is Cc1cc(C)nc(NC(=NCCc2c[nH]c3ccc(F)cc23)NC(=O)Nc2ccc(F)cc2)n1. The highest BCUT2D eigenvalue weighted by Gasteiger charge is 2.10. The summed E-state index contributed by atoms with van der Waals surface area (Å²) in [5.74, 6) is -0.299. The monoisotopic (exact) mass is 463 g/mol. The van der Waals surface area contributed by atoms with E-state index < -0.39 is 11.8 Å². The van der Waals surface area contributed by atoms with E-state index in [2.05, 4.69) is 35.9 Å². The Balaban J connectivity index is 1.50. The van der Waals surface area contributed by atoms with Crippen LogP contribution >= 0.6 is 0 Å². The summed E-state index contributed by atoms with van der Waals surface area (Å²) < 4.78 is 26.8. The number of fused-ring (bicyclic) bond motifs is 1. The molecule has 0 unspecified atom stereocenters. The number of hydrogen-bond donors (Lipinski definition) is 4. The largest absolute Gasteiger partial charge is 0.361 e. The fourth-order valence-corrected chi connectivity index (χ4v) is 3.45. The van der Waals surface area contributed by atoms with Gasteiger partial charge < -0.3 is 10.3 Å². The Bertz CT molecular complexity index is 1330. The summed E-state index contributed by atoms with van der Waals surface area (Å²) in [6, 6.07) is 11.2. The van der Waals surface area contributed by atoms with Crippen LogP contribution in [-0.4, -0.2) is 33.5 Å². The van der Waals surface area contributed by atoms with Crippen molar-refractivity contribution in [1.82, 2.24) is 20.3 Å². The molecular formula is C24H23F2N7O. The molecule has 4 rings (SSSR count). The highest BCUT2D eigenvalue weighted by Crippen LogP contribution is 2.20. The molecule has 34 heavy (non-hydrogen) atoms. The number of aromatic amines is 1. The highest BCUT2D eigenvalue weighted by molar-refractivity contribution is 6.07. The number of amides is 2. The third-order valence-electron chi connectivity index (χ3n) is 4.93. The number of guanidine groups is 1. The van der Waals surface area contributed by atoms with E-state index in [1.165, 1.54) is 36.4 Å². The van der Waals surface area contributed by atoms with Gasteiger partial charge in [0.1, 0.15) is 11.6 Å². The molecule has 0 saturated carbocycles. The van der Waals surface area contributed by atoms with Crippen LogP contribution in [0.2, 0.25) is 0 Å². The van der Waals surface area contributed by atoms with Crippen LogP contribution < -0.4 is 16.0 Å². The number of carbonyl (C=O) groups is 1. The molecule has 10 heteroatoms. The van der Waals surface area contributed by atoms with Crippen molar-refractivity contribution in [2.45, 2.75) is 20.3 Å². The van der Waals surface area contributed by atoms with Crippen molar-refractivity contribution in [3.63, 3.8) is 0 Å². The minimum Gasteiger partial charge on any atom is -0.361 e. The Hall–Kier alpha value is -4.34. The van der Waals surface area contributed by atoms with Crippen LogP contribution in [0.4, 0.5) is 25.2 Å². The van der Waals surface area contributed by atoms with Gasteiger partial charge in [-0.05, 0) is 74.4 Å². The average Bonchev–Trinajstić information content (AvgIpc) is 3.16. The standard InChI is InChI=1S/C24H23F2N7O/c1-14-11-15(2)30-23(29-14)32-22(33-24(34)31-19-6-3-17(25)4-7-19)27-10-9-16-13-28-21-8-5-18(26)12-20(16)21/h3-8,11-13,28H,9-10H2,1-2H3,(H3,27,29,30,31,32,33,34). The molecule has 0 radical (unpaired) electrons. The molecule has 2 aromatic carbocycles. The van der Waals surface area contributed by atoms with Gasteiger partial charge in [0.15, 0.2) is 0 Å². The van der Waals surface area contributed by atoms with Crippen molar-refractivity contribution in [3.8, 4) is 0 Å². The molecular weight excluding hydrogens is 440 g/mol. The number of hydrogen-bond acceptors (Lipinski definition) is 4. The van der Waals surface area contributed by atoms with E-state index >= 15 is 0 Å². The number of anilines is 2. The quantitative estimate of drug-likeness (QED) is 0.255. The predicted octanol–water partition coefficient (Wildman–Crippen LogP) is 4.69. The Morgan fingerprint density at radius 2 is 1.68 bits per heavy atom. The third-order valence-corrected chi connectivity index (χ3v) is 4.93. The van der Waals surface area contributed by atoms with Gasteiger partial charge in [0.25, 0.3) is 0 Å². The Morgan fingerprint density at radius 1 is 0.971 bits per heavy atom. The molecule has 4 N–H and O–H groups in total. The van der Waals surface area contributed by atoms with Gasteiger partial charge in [-0.15, -0.1) is 0 Å². The minimum absolute atomic E-state index is 0.135. The highest BCUT2D eigenvalue weighted by atomic mass is 19.1. The minimum atomic E-state index is -0.573. The van der Waals surface area contributed by atoms with Crippen LogP contribution in [0.25, 0.3) is 10.9 Å². The third kappa shape index (κ3) is 5.91. The lowest BCUT2D eigenvalue weighted by molar-refractivity contribution is 0.256. The summed E-state index contributed by atoms with van der Waals surface area (Å²) in [6.07, 6.45) is 2.32. The number of aliphatic imine (C=N–C) groups is 1. The number of aryl methyl sites for hydroxylation is 2. The molecule has 174 valence electrons. The molecule has 0 aliphatic carbocycles. The Morgan fingerprint density at radius 3 is 2.41 bits per heavy atom. The molecule has 2 amide bonds. The van der Waals surface area contributed by atoms with Crippen LogP contribution in [0.5, 0.6) is 0 Å². The lowest BCUT2D eigenvalue weighted by Crippen LogP contribution is -2.39. The number of aromatic nitrogens is 3. The van der Waals surface area contributed by atoms with Crippen LogP contribution in [0.15, 0.2) is 59.7 Å². The zero-order valence-electron chi connectivity index (χ0n) is 18.6. The fourth-order valence-electron chi connectivity index (χ4n) is 3.45. The average molecular weight is 463 g/mol. The molecule has 0 aliphatic rings. The number of nitrogens with zero attached hydrogens (tertiary/aromatic N) is 3. The normalized spacial score (nSPS) is 11.5. The van der Waals surface area contributed by atoms with Gasteiger partial charge in [-0.25, -0.2) is 23.5 Å². The van der Waals surface area contributed by atoms with Gasteiger partial charge in [0.2, 0.25) is 11.9 Å². The van der Waals surface area contributed by atoms with Crippen molar-refractivity contribution >= 4 is 34.5 Å². The summed E-state index contributed by atoms with van der Waals surface area (Å²) >= 11 is 0. The first kappa shape index (κ1) is 22.8. The summed E-state index contributed by atoms with van der Waals surface area (Å²) in [7, 11) is 0. The van der Waals surface area contributed by atoms with Crippen molar-refractivity contribution in [2.24, 2.45) is 4.99 Å². The molecule has 0 saturated heterocycles. The first-order valence-electron chi connectivity index (χ1n) is 10.6. The van der Waals surface area contributed by atoms with Crippen LogP contribution in [0.3, 0.4) is 0 Å². The second-order valence-electron chi connectivity index (χ2n) is 7.67. The first-order chi connectivity index (χ1) is 16.4. The van der Waals surface area contributed by atoms with Crippen molar-refractivity contribution < 1.29 is 13.6 Å². The Labute approximate surface area is 194 Å². The van der Waals surface area contributed by atoms with Crippen molar-refractivity contribution in [2.75, 3.05) is 17.2 Å². The fraction of sp³-hybridized carbons (Fsp3) is 0.167. The maximum Gasteiger partial charge on any atom is 0.326 e. The van der Waals surface area contributed by atoms with E-state index in [-0.39, 0.29) is 17.7 Å². The second-order valence-corrected chi connectivity index (χ2v) is 7.67. The van der Waals surface area contributed by atoms with E-state index in [9.17, 15) is 13.6 Å². The second kappa shape index (κ2) is 10.1. The number of H-pyrrole nitrogens is 1. The summed E-state index contributed by atoms with van der Waals surface area (Å²) in [5, 5.41) is 8.98. The van der Waals surface area contributed by atoms with Crippen LogP contribution in [0.1, 0.15) is 17.0 Å². The summed E-state index contributed by atoms with van der Waals surface area (Å²) in [4.78, 5) is 28.7. The zero-order chi connectivity index (χ0) is 24.1. The number of nitrogens with one attached hydrogen (secondary N) is 4. The maximum atomic E-state index is 13.7.